The molecule has 2 aliphatic heterocycles. The molecular formula is C21H20ClN3O2. The molecule has 3 aromatic rings. The summed E-state index contributed by atoms with van der Waals surface area (Å²) in [5, 5.41) is 9.33. The van der Waals surface area contributed by atoms with Crippen LogP contribution in [0.1, 0.15) is 24.0 Å². The molecule has 0 radical (unpaired) electrons. The molecule has 1 aromatic heterocycles. The van der Waals surface area contributed by atoms with E-state index in [4.69, 9.17) is 26.2 Å². The fourth-order valence-electron chi connectivity index (χ4n) is 3.81. The van der Waals surface area contributed by atoms with Crippen molar-refractivity contribution >= 4 is 17.4 Å². The number of benzene rings is 2. The Kier molecular flexibility index (Phi) is 3.97. The fraction of sp³-hybridized carbons (Fsp3) is 0.286. The van der Waals surface area contributed by atoms with Crippen LogP contribution in [0, 0.1) is 6.92 Å². The number of aromatic nitrogens is 2. The zero-order chi connectivity index (χ0) is 18.4. The van der Waals surface area contributed by atoms with Crippen molar-refractivity contribution in [2.75, 3.05) is 18.7 Å². The molecule has 0 aliphatic carbocycles. The molecule has 2 aliphatic rings. The molecule has 0 bridgehead atoms. The van der Waals surface area contributed by atoms with Crippen LogP contribution >= 0.6 is 11.6 Å². The monoisotopic (exact) mass is 381 g/mol. The maximum absolute atomic E-state index is 6.16. The van der Waals surface area contributed by atoms with Crippen LogP contribution in [0.3, 0.4) is 0 Å². The predicted molar refractivity (Wildman–Crippen MR) is 106 cm³/mol. The van der Waals surface area contributed by atoms with Gasteiger partial charge in [-0.05, 0) is 68.1 Å². The lowest BCUT2D eigenvalue weighted by Crippen LogP contribution is -2.08. The summed E-state index contributed by atoms with van der Waals surface area (Å²) in [6.07, 6.45) is 3.29. The Labute approximate surface area is 162 Å². The minimum Gasteiger partial charge on any atom is -0.454 e. The highest BCUT2D eigenvalue weighted by molar-refractivity contribution is 6.30. The molecule has 27 heavy (non-hydrogen) atoms. The van der Waals surface area contributed by atoms with Crippen molar-refractivity contribution in [2.45, 2.75) is 26.2 Å². The number of aryl methyl sites for hydroxylation is 1. The molecule has 0 saturated heterocycles. The third-order valence-electron chi connectivity index (χ3n) is 5.16. The number of nitrogens with one attached hydrogen (secondary N) is 1. The predicted octanol–water partition coefficient (Wildman–Crippen LogP) is 4.98. The van der Waals surface area contributed by atoms with Gasteiger partial charge >= 0.3 is 0 Å². The summed E-state index contributed by atoms with van der Waals surface area (Å²) in [5.74, 6) is 2.64. The number of rotatable bonds is 2. The van der Waals surface area contributed by atoms with Gasteiger partial charge in [-0.25, -0.2) is 4.68 Å². The van der Waals surface area contributed by atoms with Crippen molar-refractivity contribution in [3.8, 4) is 28.4 Å². The molecule has 5 nitrogen and oxygen atoms in total. The van der Waals surface area contributed by atoms with Crippen LogP contribution in [0.5, 0.6) is 11.5 Å². The average Bonchev–Trinajstić information content (AvgIpc) is 3.18. The third kappa shape index (κ3) is 2.82. The molecule has 0 amide bonds. The number of fused-ring (bicyclic) bond motifs is 2. The Morgan fingerprint density at radius 3 is 2.85 bits per heavy atom. The van der Waals surface area contributed by atoms with Gasteiger partial charge in [0, 0.05) is 22.7 Å². The van der Waals surface area contributed by atoms with Crippen molar-refractivity contribution in [1.29, 1.82) is 0 Å². The first-order valence-corrected chi connectivity index (χ1v) is 9.61. The molecule has 2 aromatic carbocycles. The first-order valence-electron chi connectivity index (χ1n) is 9.23. The van der Waals surface area contributed by atoms with E-state index in [1.54, 1.807) is 0 Å². The van der Waals surface area contributed by atoms with Crippen molar-refractivity contribution in [1.82, 2.24) is 9.78 Å². The molecular weight excluding hydrogens is 362 g/mol. The highest BCUT2D eigenvalue weighted by atomic mass is 35.5. The maximum atomic E-state index is 6.16. The van der Waals surface area contributed by atoms with Gasteiger partial charge in [0.25, 0.3) is 0 Å². The van der Waals surface area contributed by atoms with E-state index in [1.807, 2.05) is 35.0 Å². The van der Waals surface area contributed by atoms with Crippen molar-refractivity contribution in [3.63, 3.8) is 0 Å². The molecule has 0 unspecified atom stereocenters. The van der Waals surface area contributed by atoms with Gasteiger partial charge in [0.15, 0.2) is 11.5 Å². The lowest BCUT2D eigenvalue weighted by atomic mass is 10.0. The Bertz CT molecular complexity index is 1030. The minimum absolute atomic E-state index is 0.275. The van der Waals surface area contributed by atoms with Gasteiger partial charge < -0.3 is 14.8 Å². The van der Waals surface area contributed by atoms with E-state index in [2.05, 4.69) is 18.3 Å². The number of hydrogen-bond donors (Lipinski definition) is 1. The SMILES string of the molecule is Cc1cc(Cl)ccc1-n1nc(-c2ccc3c(c2)OCO3)c2c1NCCCC2. The fourth-order valence-corrected chi connectivity index (χ4v) is 4.04. The van der Waals surface area contributed by atoms with Gasteiger partial charge in [0.1, 0.15) is 5.82 Å². The Balaban J connectivity index is 1.69. The van der Waals surface area contributed by atoms with E-state index in [1.165, 1.54) is 5.56 Å². The molecule has 0 fully saturated rings. The van der Waals surface area contributed by atoms with Crippen LogP contribution in [-0.2, 0) is 6.42 Å². The van der Waals surface area contributed by atoms with Gasteiger partial charge in [-0.2, -0.15) is 5.10 Å². The minimum atomic E-state index is 0.275. The van der Waals surface area contributed by atoms with Gasteiger partial charge in [-0.3, -0.25) is 0 Å². The Morgan fingerprint density at radius 2 is 1.96 bits per heavy atom. The van der Waals surface area contributed by atoms with E-state index in [0.717, 1.165) is 70.7 Å². The molecule has 1 N–H and O–H groups in total. The molecule has 0 atom stereocenters. The first-order chi connectivity index (χ1) is 13.2. The van der Waals surface area contributed by atoms with Crippen LogP contribution < -0.4 is 14.8 Å². The molecule has 0 spiro atoms. The summed E-state index contributed by atoms with van der Waals surface area (Å²) in [4.78, 5) is 0. The summed E-state index contributed by atoms with van der Waals surface area (Å²) in [6, 6.07) is 12.0. The molecule has 6 heteroatoms. The number of ether oxygens (including phenoxy) is 2. The third-order valence-corrected chi connectivity index (χ3v) is 5.40. The van der Waals surface area contributed by atoms with E-state index in [-0.39, 0.29) is 6.79 Å². The molecule has 3 heterocycles. The average molecular weight is 382 g/mol. The topological polar surface area (TPSA) is 48.3 Å². The maximum Gasteiger partial charge on any atom is 0.231 e. The van der Waals surface area contributed by atoms with Crippen molar-refractivity contribution in [2.24, 2.45) is 0 Å². The summed E-state index contributed by atoms with van der Waals surface area (Å²) >= 11 is 6.16. The zero-order valence-corrected chi connectivity index (χ0v) is 15.8. The largest absolute Gasteiger partial charge is 0.454 e. The standard InChI is InChI=1S/C21H20ClN3O2/c1-13-10-15(22)6-7-17(13)25-21-16(4-2-3-9-23-21)20(24-25)14-5-8-18-19(11-14)27-12-26-18/h5-8,10-11,23H,2-4,9,12H2,1H3. The first kappa shape index (κ1) is 16.5. The second-order valence-electron chi connectivity index (χ2n) is 6.97. The van der Waals surface area contributed by atoms with E-state index in [0.29, 0.717) is 0 Å². The second kappa shape index (κ2) is 6.50. The van der Waals surface area contributed by atoms with Gasteiger partial charge in [-0.1, -0.05) is 11.6 Å². The number of anilines is 1. The number of nitrogens with zero attached hydrogens (tertiary/aromatic N) is 2. The van der Waals surface area contributed by atoms with Crippen LogP contribution in [-0.4, -0.2) is 23.1 Å². The van der Waals surface area contributed by atoms with Crippen LogP contribution in [0.15, 0.2) is 36.4 Å². The van der Waals surface area contributed by atoms with Crippen LogP contribution in [0.2, 0.25) is 5.02 Å². The quantitative estimate of drug-likeness (QED) is 0.680. The second-order valence-corrected chi connectivity index (χ2v) is 7.41. The molecule has 5 rings (SSSR count). The highest BCUT2D eigenvalue weighted by Crippen LogP contribution is 2.39. The van der Waals surface area contributed by atoms with Crippen molar-refractivity contribution in [3.05, 3.63) is 52.5 Å². The lowest BCUT2D eigenvalue weighted by Gasteiger charge is -2.11. The van der Waals surface area contributed by atoms with Crippen LogP contribution in [0.25, 0.3) is 16.9 Å². The summed E-state index contributed by atoms with van der Waals surface area (Å²) < 4.78 is 13.0. The van der Waals surface area contributed by atoms with E-state index < -0.39 is 0 Å². The van der Waals surface area contributed by atoms with Gasteiger partial charge in [0.2, 0.25) is 6.79 Å². The summed E-state index contributed by atoms with van der Waals surface area (Å²) in [6.45, 7) is 3.29. The number of hydrogen-bond acceptors (Lipinski definition) is 4. The van der Waals surface area contributed by atoms with E-state index in [9.17, 15) is 0 Å². The van der Waals surface area contributed by atoms with Gasteiger partial charge in [0.05, 0.1) is 11.4 Å². The van der Waals surface area contributed by atoms with Crippen LogP contribution in [0.4, 0.5) is 5.82 Å². The normalized spacial score (nSPS) is 15.2. The Morgan fingerprint density at radius 1 is 1.07 bits per heavy atom. The zero-order valence-electron chi connectivity index (χ0n) is 15.1. The van der Waals surface area contributed by atoms with Gasteiger partial charge in [-0.15, -0.1) is 0 Å². The van der Waals surface area contributed by atoms with E-state index >= 15 is 0 Å². The lowest BCUT2D eigenvalue weighted by molar-refractivity contribution is 0.174. The smallest absolute Gasteiger partial charge is 0.231 e. The highest BCUT2D eigenvalue weighted by Gasteiger charge is 2.24. The summed E-state index contributed by atoms with van der Waals surface area (Å²) in [5.41, 5.74) is 5.42. The molecule has 0 saturated carbocycles. The van der Waals surface area contributed by atoms with Crippen molar-refractivity contribution < 1.29 is 9.47 Å². The number of halogens is 1. The Hall–Kier alpha value is -2.66. The summed E-state index contributed by atoms with van der Waals surface area (Å²) in [7, 11) is 0. The molecule has 138 valence electrons.